The summed E-state index contributed by atoms with van der Waals surface area (Å²) in [6, 6.07) is 3.19. The molecule has 3 nitrogen and oxygen atoms in total. The van der Waals surface area contributed by atoms with Crippen molar-refractivity contribution in [2.75, 3.05) is 13.2 Å². The predicted octanol–water partition coefficient (Wildman–Crippen LogP) is 3.71. The van der Waals surface area contributed by atoms with Crippen LogP contribution in [0, 0.1) is 0 Å². The molecule has 0 unspecified atom stereocenters. The predicted molar refractivity (Wildman–Crippen MR) is 68.0 cm³/mol. The van der Waals surface area contributed by atoms with Crippen LogP contribution in [0.25, 0.3) is 0 Å². The molecule has 1 aromatic rings. The summed E-state index contributed by atoms with van der Waals surface area (Å²) >= 11 is 0. The molecule has 112 valence electrons. The Balaban J connectivity index is 2.77. The van der Waals surface area contributed by atoms with E-state index < -0.39 is 11.7 Å². The van der Waals surface area contributed by atoms with Crippen molar-refractivity contribution in [3.8, 4) is 5.75 Å². The molecule has 0 N–H and O–H groups in total. The van der Waals surface area contributed by atoms with E-state index in [0.29, 0.717) is 6.29 Å². The Morgan fingerprint density at radius 2 is 1.80 bits per heavy atom. The second-order valence-corrected chi connectivity index (χ2v) is 5.18. The van der Waals surface area contributed by atoms with E-state index in [4.69, 9.17) is 9.47 Å². The number of hydrogen-bond acceptors (Lipinski definition) is 3. The first-order valence-corrected chi connectivity index (χ1v) is 6.06. The third-order valence-corrected chi connectivity index (χ3v) is 2.32. The first kappa shape index (κ1) is 16.5. The Bertz CT molecular complexity index is 462. The lowest BCUT2D eigenvalue weighted by Crippen LogP contribution is -2.23. The summed E-state index contributed by atoms with van der Waals surface area (Å²) in [4.78, 5) is 10.5. The molecular formula is C14H17F3O3. The summed E-state index contributed by atoms with van der Waals surface area (Å²) in [5.74, 6) is -0.305. The molecule has 1 aromatic carbocycles. The summed E-state index contributed by atoms with van der Waals surface area (Å²) in [6.07, 6.45) is -4.21. The van der Waals surface area contributed by atoms with Crippen LogP contribution in [0.15, 0.2) is 18.2 Å². The van der Waals surface area contributed by atoms with Gasteiger partial charge in [-0.25, -0.2) is 0 Å². The van der Waals surface area contributed by atoms with E-state index in [-0.39, 0.29) is 30.1 Å². The van der Waals surface area contributed by atoms with Crippen molar-refractivity contribution in [3.05, 3.63) is 29.3 Å². The van der Waals surface area contributed by atoms with E-state index in [2.05, 4.69) is 0 Å². The minimum atomic E-state index is -4.57. The first-order chi connectivity index (χ1) is 9.13. The first-order valence-electron chi connectivity index (χ1n) is 6.06. The fraction of sp³-hybridized carbons (Fsp3) is 0.500. The number of ether oxygens (including phenoxy) is 2. The number of aldehydes is 1. The third-order valence-electron chi connectivity index (χ3n) is 2.32. The quantitative estimate of drug-likeness (QED) is 0.612. The van der Waals surface area contributed by atoms with Crippen LogP contribution in [0.5, 0.6) is 5.75 Å². The summed E-state index contributed by atoms with van der Waals surface area (Å²) in [5, 5.41) is 0. The number of alkyl halides is 3. The van der Waals surface area contributed by atoms with E-state index in [1.54, 1.807) is 0 Å². The summed E-state index contributed by atoms with van der Waals surface area (Å²) in [6.45, 7) is 5.70. The van der Waals surface area contributed by atoms with E-state index >= 15 is 0 Å². The van der Waals surface area contributed by atoms with Gasteiger partial charge in [-0.05, 0) is 39.0 Å². The van der Waals surface area contributed by atoms with Crippen molar-refractivity contribution < 1.29 is 27.4 Å². The Morgan fingerprint density at radius 1 is 1.15 bits per heavy atom. The molecule has 0 bridgehead atoms. The smallest absolute Gasteiger partial charge is 0.419 e. The van der Waals surface area contributed by atoms with E-state index in [1.165, 1.54) is 6.07 Å². The Labute approximate surface area is 115 Å². The molecule has 1 rings (SSSR count). The van der Waals surface area contributed by atoms with Crippen LogP contribution >= 0.6 is 0 Å². The van der Waals surface area contributed by atoms with Crippen molar-refractivity contribution in [2.24, 2.45) is 0 Å². The van der Waals surface area contributed by atoms with E-state index in [1.807, 2.05) is 20.8 Å². The number of benzene rings is 1. The van der Waals surface area contributed by atoms with Gasteiger partial charge < -0.3 is 9.47 Å². The average molecular weight is 290 g/mol. The van der Waals surface area contributed by atoms with Gasteiger partial charge >= 0.3 is 6.18 Å². The van der Waals surface area contributed by atoms with Gasteiger partial charge in [-0.2, -0.15) is 13.2 Å². The van der Waals surface area contributed by atoms with Gasteiger partial charge in [0.05, 0.1) is 17.8 Å². The second kappa shape index (κ2) is 6.26. The van der Waals surface area contributed by atoms with Crippen molar-refractivity contribution in [2.45, 2.75) is 32.5 Å². The molecule has 20 heavy (non-hydrogen) atoms. The van der Waals surface area contributed by atoms with Crippen LogP contribution in [-0.4, -0.2) is 25.1 Å². The van der Waals surface area contributed by atoms with Gasteiger partial charge in [-0.3, -0.25) is 4.79 Å². The maximum Gasteiger partial charge on any atom is 0.419 e. The second-order valence-electron chi connectivity index (χ2n) is 5.18. The highest BCUT2D eigenvalue weighted by Gasteiger charge is 2.34. The molecule has 0 fully saturated rings. The number of carbonyl (C=O) groups is 1. The Hall–Kier alpha value is -1.56. The maximum atomic E-state index is 12.8. The van der Waals surface area contributed by atoms with Gasteiger partial charge in [0, 0.05) is 5.56 Å². The normalized spacial score (nSPS) is 12.3. The molecule has 0 aliphatic heterocycles. The number of rotatable bonds is 5. The molecule has 0 spiro atoms. The van der Waals surface area contributed by atoms with Crippen molar-refractivity contribution in [3.63, 3.8) is 0 Å². The molecule has 0 aliphatic rings. The minimum absolute atomic E-state index is 0.000780. The Morgan fingerprint density at radius 3 is 2.30 bits per heavy atom. The molecule has 0 amide bonds. The molecule has 0 heterocycles. The molecule has 0 aliphatic carbocycles. The van der Waals surface area contributed by atoms with Crippen molar-refractivity contribution in [1.29, 1.82) is 0 Å². The van der Waals surface area contributed by atoms with Crippen LogP contribution in [0.4, 0.5) is 13.2 Å². The third kappa shape index (κ3) is 5.21. The topological polar surface area (TPSA) is 35.5 Å². The zero-order valence-corrected chi connectivity index (χ0v) is 11.6. The monoisotopic (exact) mass is 290 g/mol. The van der Waals surface area contributed by atoms with Gasteiger partial charge in [0.15, 0.2) is 0 Å². The lowest BCUT2D eigenvalue weighted by atomic mass is 10.1. The van der Waals surface area contributed by atoms with E-state index in [0.717, 1.165) is 12.1 Å². The largest absolute Gasteiger partial charge is 0.491 e. The standard InChI is InChI=1S/C14H17F3O3/c1-13(2,3)20-7-6-19-12-5-4-10(9-18)8-11(12)14(15,16)17/h4-5,8-9H,6-7H2,1-3H3. The van der Waals surface area contributed by atoms with Crippen molar-refractivity contribution in [1.82, 2.24) is 0 Å². The molecule has 0 saturated heterocycles. The zero-order chi connectivity index (χ0) is 15.4. The lowest BCUT2D eigenvalue weighted by molar-refractivity contribution is -0.139. The highest BCUT2D eigenvalue weighted by Crippen LogP contribution is 2.36. The Kier molecular flexibility index (Phi) is 5.16. The van der Waals surface area contributed by atoms with Crippen LogP contribution in [-0.2, 0) is 10.9 Å². The molecule has 0 radical (unpaired) electrons. The molecule has 6 heteroatoms. The van der Waals surface area contributed by atoms with Gasteiger partial charge in [0.1, 0.15) is 18.6 Å². The lowest BCUT2D eigenvalue weighted by Gasteiger charge is -2.20. The number of halogens is 3. The van der Waals surface area contributed by atoms with Crippen molar-refractivity contribution >= 4 is 6.29 Å². The highest BCUT2D eigenvalue weighted by molar-refractivity contribution is 5.75. The minimum Gasteiger partial charge on any atom is -0.491 e. The van der Waals surface area contributed by atoms with Crippen LogP contribution in [0.2, 0.25) is 0 Å². The molecule has 0 atom stereocenters. The summed E-state index contributed by atoms with van der Waals surface area (Å²) < 4.78 is 49.0. The SMILES string of the molecule is CC(C)(C)OCCOc1ccc(C=O)cc1C(F)(F)F. The molecule has 0 saturated carbocycles. The fourth-order valence-corrected chi connectivity index (χ4v) is 1.47. The van der Waals surface area contributed by atoms with Gasteiger partial charge in [-0.1, -0.05) is 0 Å². The number of hydrogen-bond donors (Lipinski definition) is 0. The average Bonchev–Trinajstić information content (AvgIpc) is 2.32. The summed E-state index contributed by atoms with van der Waals surface area (Å²) in [7, 11) is 0. The molecule has 0 aromatic heterocycles. The summed E-state index contributed by atoms with van der Waals surface area (Å²) in [5.41, 5.74) is -1.38. The van der Waals surface area contributed by atoms with Gasteiger partial charge in [0.25, 0.3) is 0 Å². The van der Waals surface area contributed by atoms with Crippen LogP contribution < -0.4 is 4.74 Å². The van der Waals surface area contributed by atoms with Crippen LogP contribution in [0.3, 0.4) is 0 Å². The van der Waals surface area contributed by atoms with E-state index in [9.17, 15) is 18.0 Å². The van der Waals surface area contributed by atoms with Gasteiger partial charge in [0.2, 0.25) is 0 Å². The fourth-order valence-electron chi connectivity index (χ4n) is 1.47. The van der Waals surface area contributed by atoms with Gasteiger partial charge in [-0.15, -0.1) is 0 Å². The number of carbonyl (C=O) groups excluding carboxylic acids is 1. The van der Waals surface area contributed by atoms with Crippen LogP contribution in [0.1, 0.15) is 36.7 Å². The highest BCUT2D eigenvalue weighted by atomic mass is 19.4. The maximum absolute atomic E-state index is 12.8. The molecular weight excluding hydrogens is 273 g/mol. The zero-order valence-electron chi connectivity index (χ0n) is 11.6.